The molecule has 0 spiro atoms. The van der Waals surface area contributed by atoms with Gasteiger partial charge < -0.3 is 14.8 Å². The predicted molar refractivity (Wildman–Crippen MR) is 79.9 cm³/mol. The highest BCUT2D eigenvalue weighted by Crippen LogP contribution is 2.23. The van der Waals surface area contributed by atoms with Crippen molar-refractivity contribution in [3.63, 3.8) is 0 Å². The SMILES string of the molecule is Cc1ccc(-c2ocnc2C(=O)NCC(O)C(C)C)cc1. The molecule has 1 heterocycles. The van der Waals surface area contributed by atoms with E-state index in [0.717, 1.165) is 11.1 Å². The summed E-state index contributed by atoms with van der Waals surface area (Å²) in [6.07, 6.45) is 0.673. The summed E-state index contributed by atoms with van der Waals surface area (Å²) < 4.78 is 5.33. The fourth-order valence-corrected chi connectivity index (χ4v) is 1.83. The molecular formula is C16H20N2O3. The zero-order valence-electron chi connectivity index (χ0n) is 12.5. The standard InChI is InChI=1S/C16H20N2O3/c1-10(2)13(19)8-17-16(20)14-15(21-9-18-14)12-6-4-11(3)5-7-12/h4-7,9-10,13,19H,8H2,1-3H3,(H,17,20). The molecule has 0 fully saturated rings. The molecule has 2 N–H and O–H groups in total. The molecule has 1 unspecified atom stereocenters. The lowest BCUT2D eigenvalue weighted by atomic mass is 10.1. The van der Waals surface area contributed by atoms with Gasteiger partial charge in [-0.3, -0.25) is 4.79 Å². The van der Waals surface area contributed by atoms with Crippen LogP contribution in [0, 0.1) is 12.8 Å². The molecule has 0 saturated carbocycles. The first-order valence-electron chi connectivity index (χ1n) is 6.96. The maximum atomic E-state index is 12.1. The second-order valence-corrected chi connectivity index (χ2v) is 5.42. The van der Waals surface area contributed by atoms with Crippen molar-refractivity contribution in [2.24, 2.45) is 5.92 Å². The van der Waals surface area contributed by atoms with Crippen LogP contribution in [0.3, 0.4) is 0 Å². The molecule has 0 saturated heterocycles. The summed E-state index contributed by atoms with van der Waals surface area (Å²) in [5, 5.41) is 12.4. The Morgan fingerprint density at radius 2 is 2.00 bits per heavy atom. The van der Waals surface area contributed by atoms with Gasteiger partial charge in [0.05, 0.1) is 6.10 Å². The summed E-state index contributed by atoms with van der Waals surface area (Å²) in [7, 11) is 0. The topological polar surface area (TPSA) is 75.4 Å². The van der Waals surface area contributed by atoms with Crippen LogP contribution >= 0.6 is 0 Å². The Morgan fingerprint density at radius 1 is 1.33 bits per heavy atom. The number of aliphatic hydroxyl groups excluding tert-OH is 1. The number of carbonyl (C=O) groups excluding carboxylic acids is 1. The van der Waals surface area contributed by atoms with Gasteiger partial charge in [0, 0.05) is 12.1 Å². The third kappa shape index (κ3) is 3.70. The number of aryl methyl sites for hydroxylation is 1. The van der Waals surface area contributed by atoms with Crippen molar-refractivity contribution in [3.8, 4) is 11.3 Å². The van der Waals surface area contributed by atoms with Gasteiger partial charge in [-0.15, -0.1) is 0 Å². The summed E-state index contributed by atoms with van der Waals surface area (Å²) in [5.74, 6) is 0.171. The Kier molecular flexibility index (Phi) is 4.75. The summed E-state index contributed by atoms with van der Waals surface area (Å²) >= 11 is 0. The number of hydrogen-bond acceptors (Lipinski definition) is 4. The number of aliphatic hydroxyl groups is 1. The Labute approximate surface area is 124 Å². The minimum Gasteiger partial charge on any atom is -0.443 e. The Balaban J connectivity index is 2.13. The molecule has 0 bridgehead atoms. The minimum atomic E-state index is -0.580. The lowest BCUT2D eigenvalue weighted by molar-refractivity contribution is 0.0868. The van der Waals surface area contributed by atoms with Gasteiger partial charge in [0.1, 0.15) is 0 Å². The highest BCUT2D eigenvalue weighted by atomic mass is 16.3. The zero-order valence-corrected chi connectivity index (χ0v) is 12.5. The number of rotatable bonds is 5. The Bertz CT molecular complexity index is 602. The van der Waals surface area contributed by atoms with Crippen LogP contribution in [0.2, 0.25) is 0 Å². The third-order valence-corrected chi connectivity index (χ3v) is 3.34. The van der Waals surface area contributed by atoms with E-state index in [9.17, 15) is 9.90 Å². The number of hydrogen-bond donors (Lipinski definition) is 2. The molecule has 1 atom stereocenters. The Hall–Kier alpha value is -2.14. The van der Waals surface area contributed by atoms with Gasteiger partial charge in [-0.05, 0) is 12.8 Å². The first kappa shape index (κ1) is 15.3. The van der Waals surface area contributed by atoms with Crippen LogP contribution in [-0.2, 0) is 0 Å². The third-order valence-electron chi connectivity index (χ3n) is 3.34. The van der Waals surface area contributed by atoms with Gasteiger partial charge in [-0.25, -0.2) is 4.98 Å². The molecule has 0 aliphatic heterocycles. The number of benzene rings is 1. The molecule has 0 aliphatic carbocycles. The van der Waals surface area contributed by atoms with Crippen LogP contribution < -0.4 is 5.32 Å². The highest BCUT2D eigenvalue weighted by Gasteiger charge is 2.19. The number of carbonyl (C=O) groups is 1. The van der Waals surface area contributed by atoms with Crippen molar-refractivity contribution in [3.05, 3.63) is 41.9 Å². The predicted octanol–water partition coefficient (Wildman–Crippen LogP) is 2.40. The first-order chi connectivity index (χ1) is 9.99. The van der Waals surface area contributed by atoms with E-state index in [1.165, 1.54) is 6.39 Å². The molecule has 1 aromatic carbocycles. The maximum Gasteiger partial charge on any atom is 0.274 e. The van der Waals surface area contributed by atoms with Crippen LogP contribution in [0.25, 0.3) is 11.3 Å². The molecule has 2 aromatic rings. The smallest absolute Gasteiger partial charge is 0.274 e. The molecule has 21 heavy (non-hydrogen) atoms. The molecule has 1 aromatic heterocycles. The second kappa shape index (κ2) is 6.54. The second-order valence-electron chi connectivity index (χ2n) is 5.42. The van der Waals surface area contributed by atoms with Gasteiger partial charge in [0.15, 0.2) is 17.8 Å². The molecular weight excluding hydrogens is 268 g/mol. The van der Waals surface area contributed by atoms with E-state index in [1.54, 1.807) is 0 Å². The van der Waals surface area contributed by atoms with Crippen LogP contribution in [-0.4, -0.2) is 28.6 Å². The molecule has 2 rings (SSSR count). The van der Waals surface area contributed by atoms with E-state index in [0.29, 0.717) is 5.76 Å². The first-order valence-corrected chi connectivity index (χ1v) is 6.96. The van der Waals surface area contributed by atoms with Crippen molar-refractivity contribution in [1.82, 2.24) is 10.3 Å². The van der Waals surface area contributed by atoms with Crippen LogP contribution in [0.4, 0.5) is 0 Å². The fraction of sp³-hybridized carbons (Fsp3) is 0.375. The van der Waals surface area contributed by atoms with Gasteiger partial charge in [0.25, 0.3) is 5.91 Å². The molecule has 5 heteroatoms. The van der Waals surface area contributed by atoms with Crippen molar-refractivity contribution < 1.29 is 14.3 Å². The highest BCUT2D eigenvalue weighted by molar-refractivity contribution is 5.97. The quantitative estimate of drug-likeness (QED) is 0.886. The molecule has 112 valence electrons. The number of nitrogens with zero attached hydrogens (tertiary/aromatic N) is 1. The largest absolute Gasteiger partial charge is 0.443 e. The van der Waals surface area contributed by atoms with E-state index in [-0.39, 0.29) is 24.1 Å². The van der Waals surface area contributed by atoms with Gasteiger partial charge in [0.2, 0.25) is 0 Å². The summed E-state index contributed by atoms with van der Waals surface area (Å²) in [6.45, 7) is 5.97. The van der Waals surface area contributed by atoms with E-state index in [4.69, 9.17) is 4.42 Å². The van der Waals surface area contributed by atoms with E-state index in [2.05, 4.69) is 10.3 Å². The van der Waals surface area contributed by atoms with Crippen molar-refractivity contribution >= 4 is 5.91 Å². The van der Waals surface area contributed by atoms with Crippen molar-refractivity contribution in [2.75, 3.05) is 6.54 Å². The molecule has 0 radical (unpaired) electrons. The summed E-state index contributed by atoms with van der Waals surface area (Å²) in [5.41, 5.74) is 2.16. The lowest BCUT2D eigenvalue weighted by Crippen LogP contribution is -2.35. The van der Waals surface area contributed by atoms with Gasteiger partial charge in [-0.1, -0.05) is 43.7 Å². The molecule has 0 aliphatic rings. The van der Waals surface area contributed by atoms with E-state index < -0.39 is 6.10 Å². The normalized spacial score (nSPS) is 12.4. The van der Waals surface area contributed by atoms with E-state index >= 15 is 0 Å². The summed E-state index contributed by atoms with van der Waals surface area (Å²) in [4.78, 5) is 16.1. The van der Waals surface area contributed by atoms with Crippen molar-refractivity contribution in [1.29, 1.82) is 0 Å². The fourth-order valence-electron chi connectivity index (χ4n) is 1.83. The number of nitrogens with one attached hydrogen (secondary N) is 1. The minimum absolute atomic E-state index is 0.0826. The number of oxazole rings is 1. The van der Waals surface area contributed by atoms with Crippen LogP contribution in [0.1, 0.15) is 29.9 Å². The molecule has 5 nitrogen and oxygen atoms in total. The average molecular weight is 288 g/mol. The van der Waals surface area contributed by atoms with Crippen molar-refractivity contribution in [2.45, 2.75) is 26.9 Å². The van der Waals surface area contributed by atoms with Crippen LogP contribution in [0.15, 0.2) is 35.1 Å². The van der Waals surface area contributed by atoms with E-state index in [1.807, 2.05) is 45.0 Å². The summed E-state index contributed by atoms with van der Waals surface area (Å²) in [6, 6.07) is 7.66. The maximum absolute atomic E-state index is 12.1. The average Bonchev–Trinajstić information content (AvgIpc) is 2.94. The molecule has 1 amide bonds. The van der Waals surface area contributed by atoms with Crippen LogP contribution in [0.5, 0.6) is 0 Å². The monoisotopic (exact) mass is 288 g/mol. The van der Waals surface area contributed by atoms with Gasteiger partial charge >= 0.3 is 0 Å². The number of amides is 1. The zero-order chi connectivity index (χ0) is 15.4. The van der Waals surface area contributed by atoms with Gasteiger partial charge in [-0.2, -0.15) is 0 Å². The Morgan fingerprint density at radius 3 is 2.62 bits per heavy atom. The lowest BCUT2D eigenvalue weighted by Gasteiger charge is -2.14. The number of aromatic nitrogens is 1.